The van der Waals surface area contributed by atoms with Gasteiger partial charge in [-0.15, -0.1) is 0 Å². The summed E-state index contributed by atoms with van der Waals surface area (Å²) < 4.78 is 1.87. The van der Waals surface area contributed by atoms with Gasteiger partial charge in [-0.25, -0.2) is 0 Å². The van der Waals surface area contributed by atoms with Gasteiger partial charge in [-0.3, -0.25) is 9.48 Å². The van der Waals surface area contributed by atoms with Gasteiger partial charge in [-0.2, -0.15) is 5.10 Å². The number of aromatic nitrogens is 2. The summed E-state index contributed by atoms with van der Waals surface area (Å²) in [5.41, 5.74) is 1.46. The molecule has 0 aromatic carbocycles. The molecule has 1 unspecified atom stereocenters. The van der Waals surface area contributed by atoms with E-state index in [9.17, 15) is 9.90 Å². The molecule has 0 bridgehead atoms. The summed E-state index contributed by atoms with van der Waals surface area (Å²) in [7, 11) is 0. The number of rotatable bonds is 7. The van der Waals surface area contributed by atoms with E-state index in [2.05, 4.69) is 24.3 Å². The molecule has 0 saturated heterocycles. The van der Waals surface area contributed by atoms with Gasteiger partial charge in [0, 0.05) is 18.8 Å². The van der Waals surface area contributed by atoms with Gasteiger partial charge in [0.05, 0.1) is 17.9 Å². The molecule has 0 spiro atoms. The molecular formula is C15H27N3O2. The maximum Gasteiger partial charge on any atom is 0.254 e. The van der Waals surface area contributed by atoms with Crippen LogP contribution in [0.3, 0.4) is 0 Å². The molecule has 0 saturated carbocycles. The predicted octanol–water partition coefficient (Wildman–Crippen LogP) is 1.98. The number of carbonyl (C=O) groups is 1. The zero-order valence-corrected chi connectivity index (χ0v) is 13.2. The standard InChI is InChI=1S/C15H27N3O2/c1-10(2)6-7-18-12(5)13(8-17-18)15(20)16-9-14(19)11(3)4/h8,10-11,14,19H,6-7,9H2,1-5H3,(H,16,20). The third-order valence-corrected chi connectivity index (χ3v) is 3.51. The van der Waals surface area contributed by atoms with Crippen LogP contribution in [0.5, 0.6) is 0 Å². The van der Waals surface area contributed by atoms with E-state index in [0.717, 1.165) is 18.7 Å². The van der Waals surface area contributed by atoms with Crippen molar-refractivity contribution in [1.82, 2.24) is 15.1 Å². The Bertz CT molecular complexity index is 438. The van der Waals surface area contributed by atoms with Gasteiger partial charge in [0.25, 0.3) is 5.91 Å². The molecule has 1 aromatic heterocycles. The van der Waals surface area contributed by atoms with E-state index in [1.165, 1.54) is 0 Å². The van der Waals surface area contributed by atoms with E-state index in [-0.39, 0.29) is 18.4 Å². The fraction of sp³-hybridized carbons (Fsp3) is 0.733. The Morgan fingerprint density at radius 2 is 2.05 bits per heavy atom. The Balaban J connectivity index is 2.61. The van der Waals surface area contributed by atoms with Crippen LogP contribution >= 0.6 is 0 Å². The Morgan fingerprint density at radius 1 is 1.40 bits per heavy atom. The van der Waals surface area contributed by atoms with Crippen molar-refractivity contribution in [2.45, 2.75) is 53.7 Å². The fourth-order valence-corrected chi connectivity index (χ4v) is 1.80. The highest BCUT2D eigenvalue weighted by atomic mass is 16.3. The Morgan fingerprint density at radius 3 is 2.60 bits per heavy atom. The maximum atomic E-state index is 12.1. The van der Waals surface area contributed by atoms with Gasteiger partial charge in [-0.1, -0.05) is 27.7 Å². The quantitative estimate of drug-likeness (QED) is 0.803. The zero-order chi connectivity index (χ0) is 15.3. The average molecular weight is 281 g/mol. The maximum absolute atomic E-state index is 12.1. The van der Waals surface area contributed by atoms with Crippen LogP contribution < -0.4 is 5.32 Å². The molecule has 0 fully saturated rings. The van der Waals surface area contributed by atoms with Gasteiger partial charge < -0.3 is 10.4 Å². The lowest BCUT2D eigenvalue weighted by Gasteiger charge is -2.15. The molecule has 1 rings (SSSR count). The summed E-state index contributed by atoms with van der Waals surface area (Å²) >= 11 is 0. The monoisotopic (exact) mass is 281 g/mol. The van der Waals surface area contributed by atoms with E-state index in [1.54, 1.807) is 6.20 Å². The Kier molecular flexibility index (Phi) is 6.20. The molecule has 1 amide bonds. The van der Waals surface area contributed by atoms with Crippen LogP contribution in [0.15, 0.2) is 6.20 Å². The highest BCUT2D eigenvalue weighted by molar-refractivity contribution is 5.95. The number of hydrogen-bond acceptors (Lipinski definition) is 3. The minimum absolute atomic E-state index is 0.130. The van der Waals surface area contributed by atoms with Crippen molar-refractivity contribution in [3.05, 3.63) is 17.5 Å². The summed E-state index contributed by atoms with van der Waals surface area (Å²) in [5, 5.41) is 16.7. The number of hydrogen-bond donors (Lipinski definition) is 2. The molecular weight excluding hydrogens is 254 g/mol. The first-order valence-electron chi connectivity index (χ1n) is 7.31. The van der Waals surface area contributed by atoms with Crippen LogP contribution in [0, 0.1) is 18.8 Å². The first-order chi connectivity index (χ1) is 9.32. The minimum Gasteiger partial charge on any atom is -0.391 e. The SMILES string of the molecule is Cc1c(C(=O)NCC(O)C(C)C)cnn1CCC(C)C. The third-order valence-electron chi connectivity index (χ3n) is 3.51. The van der Waals surface area contributed by atoms with Gasteiger partial charge in [0.15, 0.2) is 0 Å². The van der Waals surface area contributed by atoms with Crippen LogP contribution in [0.25, 0.3) is 0 Å². The van der Waals surface area contributed by atoms with Gasteiger partial charge >= 0.3 is 0 Å². The van der Waals surface area contributed by atoms with E-state index in [4.69, 9.17) is 0 Å². The molecule has 0 radical (unpaired) electrons. The van der Waals surface area contributed by atoms with Crippen molar-refractivity contribution in [2.24, 2.45) is 11.8 Å². The summed E-state index contributed by atoms with van der Waals surface area (Å²) in [5.74, 6) is 0.570. The van der Waals surface area contributed by atoms with Gasteiger partial charge in [0.1, 0.15) is 0 Å². The van der Waals surface area contributed by atoms with Crippen molar-refractivity contribution in [3.8, 4) is 0 Å². The highest BCUT2D eigenvalue weighted by Crippen LogP contribution is 2.10. The number of carbonyl (C=O) groups excluding carboxylic acids is 1. The van der Waals surface area contributed by atoms with Gasteiger partial charge in [-0.05, 0) is 25.2 Å². The number of nitrogens with one attached hydrogen (secondary N) is 1. The Labute approximate surface area is 121 Å². The second-order valence-corrected chi connectivity index (χ2v) is 6.07. The molecule has 2 N–H and O–H groups in total. The van der Waals surface area contributed by atoms with Crippen molar-refractivity contribution in [3.63, 3.8) is 0 Å². The summed E-state index contributed by atoms with van der Waals surface area (Å²) in [4.78, 5) is 12.1. The van der Waals surface area contributed by atoms with Crippen LogP contribution in [-0.2, 0) is 6.54 Å². The molecule has 5 heteroatoms. The lowest BCUT2D eigenvalue weighted by atomic mass is 10.1. The van der Waals surface area contributed by atoms with Crippen LogP contribution in [-0.4, -0.2) is 33.4 Å². The van der Waals surface area contributed by atoms with Crippen LogP contribution in [0.2, 0.25) is 0 Å². The van der Waals surface area contributed by atoms with Crippen molar-refractivity contribution < 1.29 is 9.90 Å². The highest BCUT2D eigenvalue weighted by Gasteiger charge is 2.16. The molecule has 114 valence electrons. The predicted molar refractivity (Wildman–Crippen MR) is 79.6 cm³/mol. The fourth-order valence-electron chi connectivity index (χ4n) is 1.80. The second kappa shape index (κ2) is 7.43. The first kappa shape index (κ1) is 16.7. The summed E-state index contributed by atoms with van der Waals surface area (Å²) in [6, 6.07) is 0. The molecule has 5 nitrogen and oxygen atoms in total. The van der Waals surface area contributed by atoms with Crippen LogP contribution in [0.4, 0.5) is 0 Å². The minimum atomic E-state index is -0.518. The molecule has 20 heavy (non-hydrogen) atoms. The molecule has 0 aliphatic carbocycles. The molecule has 0 aliphatic heterocycles. The number of aryl methyl sites for hydroxylation is 1. The smallest absolute Gasteiger partial charge is 0.254 e. The van der Waals surface area contributed by atoms with Crippen LogP contribution in [0.1, 0.15) is 50.2 Å². The lowest BCUT2D eigenvalue weighted by Crippen LogP contribution is -2.34. The number of aliphatic hydroxyl groups excluding tert-OH is 1. The van der Waals surface area contributed by atoms with E-state index in [0.29, 0.717) is 11.5 Å². The normalized spacial score (nSPS) is 13.0. The van der Waals surface area contributed by atoms with Crippen molar-refractivity contribution >= 4 is 5.91 Å². The van der Waals surface area contributed by atoms with E-state index >= 15 is 0 Å². The number of aliphatic hydroxyl groups is 1. The first-order valence-corrected chi connectivity index (χ1v) is 7.31. The second-order valence-electron chi connectivity index (χ2n) is 6.07. The molecule has 0 aliphatic rings. The number of nitrogens with zero attached hydrogens (tertiary/aromatic N) is 2. The topological polar surface area (TPSA) is 67.2 Å². The Hall–Kier alpha value is -1.36. The van der Waals surface area contributed by atoms with E-state index < -0.39 is 6.10 Å². The molecule has 1 atom stereocenters. The summed E-state index contributed by atoms with van der Waals surface area (Å²) in [6.45, 7) is 11.2. The molecule has 1 heterocycles. The third kappa shape index (κ3) is 4.63. The van der Waals surface area contributed by atoms with Gasteiger partial charge in [0.2, 0.25) is 0 Å². The largest absolute Gasteiger partial charge is 0.391 e. The van der Waals surface area contributed by atoms with Crippen molar-refractivity contribution in [1.29, 1.82) is 0 Å². The lowest BCUT2D eigenvalue weighted by molar-refractivity contribution is 0.0871. The average Bonchev–Trinajstić information content (AvgIpc) is 2.74. The summed E-state index contributed by atoms with van der Waals surface area (Å²) in [6.07, 6.45) is 2.12. The molecule has 1 aromatic rings. The van der Waals surface area contributed by atoms with Crippen molar-refractivity contribution in [2.75, 3.05) is 6.54 Å². The zero-order valence-electron chi connectivity index (χ0n) is 13.2. The van der Waals surface area contributed by atoms with E-state index in [1.807, 2.05) is 25.5 Å². The number of amides is 1.